The lowest BCUT2D eigenvalue weighted by Crippen LogP contribution is -2.50. The van der Waals surface area contributed by atoms with Crippen molar-refractivity contribution in [3.63, 3.8) is 0 Å². The van der Waals surface area contributed by atoms with Crippen LogP contribution < -0.4 is 10.1 Å². The Morgan fingerprint density at radius 2 is 1.83 bits per heavy atom. The maximum Gasteiger partial charge on any atom is 0.261 e. The summed E-state index contributed by atoms with van der Waals surface area (Å²) in [6.45, 7) is 9.51. The number of rotatable bonds is 8. The van der Waals surface area contributed by atoms with E-state index in [4.69, 9.17) is 16.3 Å². The monoisotopic (exact) mass is 416 g/mol. The Morgan fingerprint density at radius 3 is 2.48 bits per heavy atom. The second-order valence-corrected chi connectivity index (χ2v) is 7.98. The summed E-state index contributed by atoms with van der Waals surface area (Å²) in [6, 6.07) is 12.5. The summed E-state index contributed by atoms with van der Waals surface area (Å²) < 4.78 is 5.78. The third kappa shape index (κ3) is 6.79. The van der Waals surface area contributed by atoms with Crippen molar-refractivity contribution in [2.45, 2.75) is 53.2 Å². The molecule has 0 unspecified atom stereocenters. The first-order chi connectivity index (χ1) is 13.7. The first-order valence-electron chi connectivity index (χ1n) is 9.71. The molecule has 0 spiro atoms. The number of hydrogen-bond donors (Lipinski definition) is 1. The highest BCUT2D eigenvalue weighted by Gasteiger charge is 2.27. The maximum atomic E-state index is 13.0. The fraction of sp³-hybridized carbons (Fsp3) is 0.391. The van der Waals surface area contributed by atoms with Crippen LogP contribution in [0.4, 0.5) is 0 Å². The molecule has 0 radical (unpaired) electrons. The molecule has 2 aromatic carbocycles. The van der Waals surface area contributed by atoms with Crippen molar-refractivity contribution in [3.8, 4) is 5.75 Å². The summed E-state index contributed by atoms with van der Waals surface area (Å²) in [5.41, 5.74) is 2.86. The molecular weight excluding hydrogens is 388 g/mol. The molecule has 0 saturated carbocycles. The second kappa shape index (κ2) is 10.3. The molecule has 0 heterocycles. The van der Waals surface area contributed by atoms with Crippen LogP contribution in [0.5, 0.6) is 5.75 Å². The van der Waals surface area contributed by atoms with E-state index in [-0.39, 0.29) is 31.0 Å². The highest BCUT2D eigenvalue weighted by atomic mass is 35.5. The average molecular weight is 417 g/mol. The smallest absolute Gasteiger partial charge is 0.261 e. The molecule has 0 aliphatic carbocycles. The molecule has 2 rings (SSSR count). The third-order valence-electron chi connectivity index (χ3n) is 4.53. The summed E-state index contributed by atoms with van der Waals surface area (Å²) in [6.07, 6.45) is 0. The maximum absolute atomic E-state index is 13.0. The number of carbonyl (C=O) groups is 2. The van der Waals surface area contributed by atoms with Crippen LogP contribution in [-0.4, -0.2) is 35.4 Å². The zero-order chi connectivity index (χ0) is 21.6. The molecule has 0 saturated heterocycles. The van der Waals surface area contributed by atoms with Crippen molar-refractivity contribution in [1.82, 2.24) is 10.2 Å². The van der Waals surface area contributed by atoms with Gasteiger partial charge in [-0.15, -0.1) is 0 Å². The van der Waals surface area contributed by atoms with E-state index in [9.17, 15) is 9.59 Å². The van der Waals surface area contributed by atoms with Crippen molar-refractivity contribution in [1.29, 1.82) is 0 Å². The van der Waals surface area contributed by atoms with E-state index in [0.717, 1.165) is 16.7 Å². The number of carbonyl (C=O) groups excluding carboxylic acids is 2. The number of aryl methyl sites for hydroxylation is 2. The predicted molar refractivity (Wildman–Crippen MR) is 116 cm³/mol. The van der Waals surface area contributed by atoms with E-state index in [1.165, 1.54) is 4.90 Å². The molecule has 6 heteroatoms. The van der Waals surface area contributed by atoms with E-state index < -0.39 is 6.04 Å². The molecule has 0 fully saturated rings. The SMILES string of the molecule is Cc1ccc(C)c(OCC(=O)N(Cc2cccc(Cl)c2)[C@H](C)C(=O)NC(C)C)c1. The molecule has 1 N–H and O–H groups in total. The molecule has 0 aliphatic heterocycles. The van der Waals surface area contributed by atoms with Gasteiger partial charge in [-0.05, 0) is 69.5 Å². The van der Waals surface area contributed by atoms with Crippen LogP contribution in [0.25, 0.3) is 0 Å². The van der Waals surface area contributed by atoms with Gasteiger partial charge in [0.25, 0.3) is 5.91 Å². The van der Waals surface area contributed by atoms with E-state index in [0.29, 0.717) is 10.8 Å². The van der Waals surface area contributed by atoms with Crippen LogP contribution >= 0.6 is 11.6 Å². The number of nitrogens with zero attached hydrogens (tertiary/aromatic N) is 1. The third-order valence-corrected chi connectivity index (χ3v) is 4.77. The molecule has 2 aromatic rings. The minimum absolute atomic E-state index is 0.0146. The van der Waals surface area contributed by atoms with Crippen molar-refractivity contribution >= 4 is 23.4 Å². The summed E-state index contributed by atoms with van der Waals surface area (Å²) >= 11 is 6.08. The Hall–Kier alpha value is -2.53. The number of nitrogens with one attached hydrogen (secondary N) is 1. The normalized spacial score (nSPS) is 11.8. The van der Waals surface area contributed by atoms with Gasteiger partial charge in [0.15, 0.2) is 6.61 Å². The molecule has 5 nitrogen and oxygen atoms in total. The van der Waals surface area contributed by atoms with Crippen LogP contribution in [0.2, 0.25) is 5.02 Å². The van der Waals surface area contributed by atoms with Gasteiger partial charge < -0.3 is 15.0 Å². The fourth-order valence-electron chi connectivity index (χ4n) is 2.90. The van der Waals surface area contributed by atoms with E-state index >= 15 is 0 Å². The van der Waals surface area contributed by atoms with Gasteiger partial charge in [-0.25, -0.2) is 0 Å². The molecular formula is C23H29ClN2O3. The van der Waals surface area contributed by atoms with Crippen LogP contribution in [0, 0.1) is 13.8 Å². The Labute approximate surface area is 178 Å². The van der Waals surface area contributed by atoms with Gasteiger partial charge >= 0.3 is 0 Å². The van der Waals surface area contributed by atoms with Gasteiger partial charge in [0.1, 0.15) is 11.8 Å². The summed E-state index contributed by atoms with van der Waals surface area (Å²) in [7, 11) is 0. The summed E-state index contributed by atoms with van der Waals surface area (Å²) in [5.74, 6) is 0.194. The highest BCUT2D eigenvalue weighted by Crippen LogP contribution is 2.20. The number of amides is 2. The molecule has 1 atom stereocenters. The number of benzene rings is 2. The summed E-state index contributed by atoms with van der Waals surface area (Å²) in [4.78, 5) is 27.1. The molecule has 0 bridgehead atoms. The first-order valence-corrected chi connectivity index (χ1v) is 10.1. The van der Waals surface area contributed by atoms with Gasteiger partial charge in [0.2, 0.25) is 5.91 Å². The van der Waals surface area contributed by atoms with Crippen molar-refractivity contribution in [3.05, 3.63) is 64.2 Å². The lowest BCUT2D eigenvalue weighted by molar-refractivity contribution is -0.142. The van der Waals surface area contributed by atoms with Gasteiger partial charge in [-0.2, -0.15) is 0 Å². The molecule has 29 heavy (non-hydrogen) atoms. The summed E-state index contributed by atoms with van der Waals surface area (Å²) in [5, 5.41) is 3.45. The van der Waals surface area contributed by atoms with Crippen molar-refractivity contribution < 1.29 is 14.3 Å². The van der Waals surface area contributed by atoms with Crippen LogP contribution in [0.1, 0.15) is 37.5 Å². The van der Waals surface area contributed by atoms with Gasteiger partial charge in [0, 0.05) is 17.6 Å². The van der Waals surface area contributed by atoms with Crippen molar-refractivity contribution in [2.24, 2.45) is 0 Å². The van der Waals surface area contributed by atoms with Crippen LogP contribution in [0.15, 0.2) is 42.5 Å². The number of halogens is 1. The van der Waals surface area contributed by atoms with E-state index in [1.807, 2.05) is 58.0 Å². The largest absolute Gasteiger partial charge is 0.483 e. The minimum atomic E-state index is -0.647. The lowest BCUT2D eigenvalue weighted by atomic mass is 10.1. The molecule has 2 amide bonds. The molecule has 0 aliphatic rings. The zero-order valence-electron chi connectivity index (χ0n) is 17.7. The average Bonchev–Trinajstić information content (AvgIpc) is 2.65. The number of ether oxygens (including phenoxy) is 1. The highest BCUT2D eigenvalue weighted by molar-refractivity contribution is 6.30. The van der Waals surface area contributed by atoms with Crippen molar-refractivity contribution in [2.75, 3.05) is 6.61 Å². The van der Waals surface area contributed by atoms with E-state index in [1.54, 1.807) is 19.1 Å². The predicted octanol–water partition coefficient (Wildman–Crippen LogP) is 4.28. The van der Waals surface area contributed by atoms with Crippen LogP contribution in [0.3, 0.4) is 0 Å². The van der Waals surface area contributed by atoms with Gasteiger partial charge in [0.05, 0.1) is 0 Å². The van der Waals surface area contributed by atoms with Gasteiger partial charge in [-0.3, -0.25) is 9.59 Å². The Kier molecular flexibility index (Phi) is 8.09. The van der Waals surface area contributed by atoms with Gasteiger partial charge in [-0.1, -0.05) is 35.9 Å². The molecule has 156 valence electrons. The topological polar surface area (TPSA) is 58.6 Å². The second-order valence-electron chi connectivity index (χ2n) is 7.55. The first kappa shape index (κ1) is 22.8. The number of hydrogen-bond acceptors (Lipinski definition) is 3. The Bertz CT molecular complexity index is 867. The minimum Gasteiger partial charge on any atom is -0.483 e. The Morgan fingerprint density at radius 1 is 1.10 bits per heavy atom. The Balaban J connectivity index is 2.19. The quantitative estimate of drug-likeness (QED) is 0.698. The lowest BCUT2D eigenvalue weighted by Gasteiger charge is -2.29. The molecule has 0 aromatic heterocycles. The zero-order valence-corrected chi connectivity index (χ0v) is 18.4. The fourth-order valence-corrected chi connectivity index (χ4v) is 3.12. The standard InChI is InChI=1S/C23H29ClN2O3/c1-15(2)25-23(28)18(5)26(13-19-7-6-8-20(24)12-19)22(27)14-29-21-11-16(3)9-10-17(21)4/h6-12,15,18H,13-14H2,1-5H3,(H,25,28)/t18-/m1/s1. The van der Waals surface area contributed by atoms with E-state index in [2.05, 4.69) is 5.32 Å². The van der Waals surface area contributed by atoms with Crippen LogP contribution in [-0.2, 0) is 16.1 Å².